The Hall–Kier alpha value is -1.14. The van der Waals surface area contributed by atoms with Gasteiger partial charge in [-0.2, -0.15) is 0 Å². The summed E-state index contributed by atoms with van der Waals surface area (Å²) in [6.07, 6.45) is 40.0. The molecule has 0 aliphatic carbocycles. The average Bonchev–Trinajstić information content (AvgIpc) is 3.15. The number of aliphatic hydroxyl groups is 1. The van der Waals surface area contributed by atoms with Crippen molar-refractivity contribution in [2.45, 2.75) is 252 Å². The molecule has 0 amide bonds. The largest absolute Gasteiger partial charge is 0.466 e. The summed E-state index contributed by atoms with van der Waals surface area (Å²) in [5.41, 5.74) is 0. The Morgan fingerprint density at radius 1 is 0.491 bits per heavy atom. The normalized spacial score (nSPS) is 12.2. The molecule has 0 bridgehead atoms. The summed E-state index contributed by atoms with van der Waals surface area (Å²) in [4.78, 5) is 27.6. The van der Waals surface area contributed by atoms with Gasteiger partial charge in [0.2, 0.25) is 0 Å². The smallest absolute Gasteiger partial charge is 0.308 e. The van der Waals surface area contributed by atoms with Crippen LogP contribution in [0.5, 0.6) is 0 Å². The fraction of sp³-hybridized carbons (Fsp3) is 0.957. The van der Waals surface area contributed by atoms with E-state index in [4.69, 9.17) is 9.47 Å². The molecule has 0 aliphatic heterocycles. The molecule has 0 rings (SSSR count). The van der Waals surface area contributed by atoms with Gasteiger partial charge >= 0.3 is 11.9 Å². The molecule has 1 atom stereocenters. The molecule has 0 saturated carbocycles. The Kier molecular flexibility index (Phi) is 41.1. The van der Waals surface area contributed by atoms with Gasteiger partial charge in [0, 0.05) is 13.0 Å². The van der Waals surface area contributed by atoms with E-state index in [2.05, 4.69) is 32.6 Å². The minimum Gasteiger partial charge on any atom is -0.466 e. The molecule has 53 heavy (non-hydrogen) atoms. The predicted octanol–water partition coefficient (Wildman–Crippen LogP) is 13.7. The first kappa shape index (κ1) is 51.9. The molecule has 1 unspecified atom stereocenters. The third-order valence-electron chi connectivity index (χ3n) is 11.1. The van der Waals surface area contributed by atoms with Crippen LogP contribution in [0.1, 0.15) is 246 Å². The third kappa shape index (κ3) is 37.6. The quantitative estimate of drug-likeness (QED) is 0.0494. The van der Waals surface area contributed by atoms with E-state index in [0.29, 0.717) is 13.0 Å². The van der Waals surface area contributed by atoms with Crippen LogP contribution in [0, 0.1) is 5.92 Å². The molecule has 0 aliphatic rings. The zero-order valence-corrected chi connectivity index (χ0v) is 36.3. The highest BCUT2D eigenvalue weighted by Crippen LogP contribution is 2.20. The Bertz CT molecular complexity index is 745. The third-order valence-corrected chi connectivity index (χ3v) is 11.1. The molecular weight excluding hydrogens is 659 g/mol. The summed E-state index contributed by atoms with van der Waals surface area (Å²) >= 11 is 0. The van der Waals surface area contributed by atoms with E-state index < -0.39 is 0 Å². The topological polar surface area (TPSA) is 76.1 Å². The number of rotatable bonds is 43. The summed E-state index contributed by atoms with van der Waals surface area (Å²) < 4.78 is 11.6. The maximum Gasteiger partial charge on any atom is 0.308 e. The lowest BCUT2D eigenvalue weighted by Crippen LogP contribution is -2.27. The van der Waals surface area contributed by atoms with E-state index in [1.165, 1.54) is 148 Å². The number of nitrogens with zero attached hydrogens (tertiary/aromatic N) is 1. The molecule has 0 spiro atoms. The molecule has 0 aromatic heterocycles. The fourth-order valence-electron chi connectivity index (χ4n) is 7.34. The van der Waals surface area contributed by atoms with Crippen molar-refractivity contribution in [3.8, 4) is 0 Å². The maximum absolute atomic E-state index is 13.1. The number of unbranched alkanes of at least 4 members (excludes halogenated alkanes) is 24. The molecule has 0 radical (unpaired) electrons. The Morgan fingerprint density at radius 2 is 0.887 bits per heavy atom. The summed E-state index contributed by atoms with van der Waals surface area (Å²) in [5.74, 6) is 0.00759. The lowest BCUT2D eigenvalue weighted by molar-refractivity contribution is -0.154. The van der Waals surface area contributed by atoms with E-state index in [0.717, 1.165) is 83.8 Å². The van der Waals surface area contributed by atoms with Crippen LogP contribution < -0.4 is 0 Å². The van der Waals surface area contributed by atoms with E-state index in [9.17, 15) is 14.7 Å². The van der Waals surface area contributed by atoms with Gasteiger partial charge in [-0.1, -0.05) is 169 Å². The van der Waals surface area contributed by atoms with Crippen molar-refractivity contribution in [2.24, 2.45) is 5.92 Å². The lowest BCUT2D eigenvalue weighted by Gasteiger charge is -2.22. The van der Waals surface area contributed by atoms with Crippen LogP contribution in [0.25, 0.3) is 0 Å². The Balaban J connectivity index is 4.19. The SMILES string of the molecule is CCCCCCCCC(=O)OCCCCCCCCN(CCCCO)CCCCCCC(C)C(=O)OC(CCCCCCCC)CCCCCCCC. The van der Waals surface area contributed by atoms with Crippen molar-refractivity contribution in [3.63, 3.8) is 0 Å². The Labute approximate surface area is 331 Å². The summed E-state index contributed by atoms with van der Waals surface area (Å²) in [6.45, 7) is 13.0. The van der Waals surface area contributed by atoms with Crippen molar-refractivity contribution < 1.29 is 24.2 Å². The van der Waals surface area contributed by atoms with Crippen molar-refractivity contribution in [2.75, 3.05) is 32.8 Å². The van der Waals surface area contributed by atoms with Crippen molar-refractivity contribution in [1.82, 2.24) is 4.90 Å². The molecule has 0 heterocycles. The minimum absolute atomic E-state index is 0.00786. The van der Waals surface area contributed by atoms with Crippen molar-refractivity contribution in [3.05, 3.63) is 0 Å². The molecule has 0 saturated heterocycles. The van der Waals surface area contributed by atoms with Crippen LogP contribution in [-0.4, -0.2) is 60.9 Å². The number of esters is 2. The van der Waals surface area contributed by atoms with E-state index in [1.54, 1.807) is 0 Å². The predicted molar refractivity (Wildman–Crippen MR) is 228 cm³/mol. The standard InChI is InChI=1S/C47H93NO5/c1-5-8-11-14-19-27-36-45(37-28-20-15-12-9-6-2)53-47(51)44(4)35-26-22-24-31-40-48(41-32-33-42-49)39-30-23-17-18-25-34-43-52-46(50)38-29-21-16-13-10-7-3/h44-45,49H,5-43H2,1-4H3. The van der Waals surface area contributed by atoms with Crippen LogP contribution in [0.2, 0.25) is 0 Å². The first-order chi connectivity index (χ1) is 26.0. The minimum atomic E-state index is -0.0163. The first-order valence-electron chi connectivity index (χ1n) is 23.7. The van der Waals surface area contributed by atoms with Gasteiger partial charge in [0.15, 0.2) is 0 Å². The zero-order chi connectivity index (χ0) is 38.9. The van der Waals surface area contributed by atoms with Gasteiger partial charge in [0.25, 0.3) is 0 Å². The van der Waals surface area contributed by atoms with E-state index >= 15 is 0 Å². The van der Waals surface area contributed by atoms with Crippen LogP contribution in [0.3, 0.4) is 0 Å². The lowest BCUT2D eigenvalue weighted by atomic mass is 10.0. The molecule has 0 aromatic rings. The maximum atomic E-state index is 13.1. The number of ether oxygens (including phenoxy) is 2. The number of hydrogen-bond donors (Lipinski definition) is 1. The fourth-order valence-corrected chi connectivity index (χ4v) is 7.34. The zero-order valence-electron chi connectivity index (χ0n) is 36.3. The molecular formula is C47H93NO5. The number of carbonyl (C=O) groups excluding carboxylic acids is 2. The van der Waals surface area contributed by atoms with Gasteiger partial charge in [-0.15, -0.1) is 0 Å². The van der Waals surface area contributed by atoms with Crippen molar-refractivity contribution >= 4 is 11.9 Å². The van der Waals surface area contributed by atoms with Gasteiger partial charge in [0.1, 0.15) is 6.10 Å². The van der Waals surface area contributed by atoms with Crippen LogP contribution >= 0.6 is 0 Å². The summed E-state index contributed by atoms with van der Waals surface area (Å²) in [7, 11) is 0. The van der Waals surface area contributed by atoms with Crippen LogP contribution in [0.15, 0.2) is 0 Å². The molecule has 0 fully saturated rings. The Morgan fingerprint density at radius 3 is 1.38 bits per heavy atom. The highest BCUT2D eigenvalue weighted by molar-refractivity contribution is 5.72. The van der Waals surface area contributed by atoms with Gasteiger partial charge in [-0.3, -0.25) is 9.59 Å². The molecule has 0 aromatic carbocycles. The average molecular weight is 752 g/mol. The van der Waals surface area contributed by atoms with E-state index in [1.807, 2.05) is 0 Å². The van der Waals surface area contributed by atoms with Gasteiger partial charge < -0.3 is 19.5 Å². The van der Waals surface area contributed by atoms with E-state index in [-0.39, 0.29) is 30.6 Å². The number of carbonyl (C=O) groups is 2. The monoisotopic (exact) mass is 752 g/mol. The van der Waals surface area contributed by atoms with Crippen LogP contribution in [0.4, 0.5) is 0 Å². The summed E-state index contributed by atoms with van der Waals surface area (Å²) in [6, 6.07) is 0. The van der Waals surface area contributed by atoms with Gasteiger partial charge in [-0.25, -0.2) is 0 Å². The molecule has 1 N–H and O–H groups in total. The van der Waals surface area contributed by atoms with Gasteiger partial charge in [-0.05, 0) is 90.3 Å². The van der Waals surface area contributed by atoms with Crippen LogP contribution in [-0.2, 0) is 19.1 Å². The molecule has 316 valence electrons. The van der Waals surface area contributed by atoms with Gasteiger partial charge in [0.05, 0.1) is 12.5 Å². The molecule has 6 nitrogen and oxygen atoms in total. The second-order valence-electron chi connectivity index (χ2n) is 16.4. The second-order valence-corrected chi connectivity index (χ2v) is 16.4. The first-order valence-corrected chi connectivity index (χ1v) is 23.7. The number of aliphatic hydroxyl groups excluding tert-OH is 1. The number of hydrogen-bond acceptors (Lipinski definition) is 6. The molecule has 6 heteroatoms. The van der Waals surface area contributed by atoms with Crippen molar-refractivity contribution in [1.29, 1.82) is 0 Å². The highest BCUT2D eigenvalue weighted by atomic mass is 16.5. The summed E-state index contributed by atoms with van der Waals surface area (Å²) in [5, 5.41) is 9.29. The highest BCUT2D eigenvalue weighted by Gasteiger charge is 2.19. The second kappa shape index (κ2) is 42.0.